The molecule has 112 valence electrons. The van der Waals surface area contributed by atoms with Gasteiger partial charge in [-0.2, -0.15) is 0 Å². The molecule has 3 nitrogen and oxygen atoms in total. The molecule has 1 amide bonds. The van der Waals surface area contributed by atoms with Gasteiger partial charge in [0.2, 0.25) is 5.91 Å². The van der Waals surface area contributed by atoms with Gasteiger partial charge in [0.25, 0.3) is 0 Å². The standard InChI is InChI=1S/C17H28N2O/c1-3-5-10-15(9-4-2)18-14-13-17(20)19-16-11-7-6-8-12-16/h6-8,11-12,15,18H,3-5,9-10,13-14H2,1-2H3,(H,19,20). The van der Waals surface area contributed by atoms with E-state index in [2.05, 4.69) is 24.5 Å². The highest BCUT2D eigenvalue weighted by Gasteiger charge is 2.07. The van der Waals surface area contributed by atoms with Crippen LogP contribution in [0.15, 0.2) is 30.3 Å². The minimum Gasteiger partial charge on any atom is -0.326 e. The van der Waals surface area contributed by atoms with Crippen molar-refractivity contribution in [1.82, 2.24) is 5.32 Å². The third kappa shape index (κ3) is 7.29. The summed E-state index contributed by atoms with van der Waals surface area (Å²) in [7, 11) is 0. The second-order valence-corrected chi connectivity index (χ2v) is 5.25. The first-order valence-corrected chi connectivity index (χ1v) is 7.84. The van der Waals surface area contributed by atoms with E-state index in [4.69, 9.17) is 0 Å². The van der Waals surface area contributed by atoms with E-state index >= 15 is 0 Å². The first-order valence-electron chi connectivity index (χ1n) is 7.84. The molecule has 0 heterocycles. The van der Waals surface area contributed by atoms with Crippen molar-refractivity contribution in [2.24, 2.45) is 0 Å². The van der Waals surface area contributed by atoms with Crippen molar-refractivity contribution in [2.75, 3.05) is 11.9 Å². The smallest absolute Gasteiger partial charge is 0.225 e. The highest BCUT2D eigenvalue weighted by atomic mass is 16.1. The maximum atomic E-state index is 11.8. The monoisotopic (exact) mass is 276 g/mol. The van der Waals surface area contributed by atoms with E-state index in [9.17, 15) is 4.79 Å². The fourth-order valence-electron chi connectivity index (χ4n) is 2.28. The molecule has 0 aliphatic rings. The molecule has 3 heteroatoms. The third-order valence-corrected chi connectivity index (χ3v) is 3.39. The minimum atomic E-state index is 0.0782. The number of para-hydroxylation sites is 1. The molecule has 0 bridgehead atoms. The summed E-state index contributed by atoms with van der Waals surface area (Å²) in [5.74, 6) is 0.0782. The zero-order valence-electron chi connectivity index (χ0n) is 12.8. The number of anilines is 1. The number of amides is 1. The summed E-state index contributed by atoms with van der Waals surface area (Å²) in [6.45, 7) is 5.19. The maximum Gasteiger partial charge on any atom is 0.225 e. The average Bonchev–Trinajstić information content (AvgIpc) is 2.45. The molecule has 1 aromatic carbocycles. The number of unbranched alkanes of at least 4 members (excludes halogenated alkanes) is 1. The molecule has 0 radical (unpaired) electrons. The van der Waals surface area contributed by atoms with Crippen LogP contribution in [0.2, 0.25) is 0 Å². The Balaban J connectivity index is 2.22. The molecule has 20 heavy (non-hydrogen) atoms. The van der Waals surface area contributed by atoms with E-state index in [1.54, 1.807) is 0 Å². The second kappa shape index (κ2) is 10.4. The van der Waals surface area contributed by atoms with E-state index in [1.807, 2.05) is 30.3 Å². The summed E-state index contributed by atoms with van der Waals surface area (Å²) in [4.78, 5) is 11.8. The van der Waals surface area contributed by atoms with Gasteiger partial charge in [0.05, 0.1) is 0 Å². The van der Waals surface area contributed by atoms with Gasteiger partial charge in [-0.1, -0.05) is 51.3 Å². The van der Waals surface area contributed by atoms with Gasteiger partial charge in [0.15, 0.2) is 0 Å². The van der Waals surface area contributed by atoms with Crippen molar-refractivity contribution in [1.29, 1.82) is 0 Å². The minimum absolute atomic E-state index is 0.0782. The maximum absolute atomic E-state index is 11.8. The molecule has 0 saturated heterocycles. The van der Waals surface area contributed by atoms with Crippen molar-refractivity contribution in [3.63, 3.8) is 0 Å². The molecule has 0 spiro atoms. The SMILES string of the molecule is CCCCC(CCC)NCCC(=O)Nc1ccccc1. The van der Waals surface area contributed by atoms with Crippen LogP contribution in [0.1, 0.15) is 52.4 Å². The van der Waals surface area contributed by atoms with Crippen molar-refractivity contribution >= 4 is 11.6 Å². The van der Waals surface area contributed by atoms with E-state index in [1.165, 1.54) is 32.1 Å². The quantitative estimate of drug-likeness (QED) is 0.679. The molecule has 0 aromatic heterocycles. The van der Waals surface area contributed by atoms with Gasteiger partial charge in [-0.3, -0.25) is 4.79 Å². The summed E-state index contributed by atoms with van der Waals surface area (Å²) in [5.41, 5.74) is 0.869. The zero-order valence-corrected chi connectivity index (χ0v) is 12.8. The predicted molar refractivity (Wildman–Crippen MR) is 85.9 cm³/mol. The van der Waals surface area contributed by atoms with Gasteiger partial charge in [-0.05, 0) is 25.0 Å². The Morgan fingerprint density at radius 2 is 1.85 bits per heavy atom. The van der Waals surface area contributed by atoms with Crippen LogP contribution < -0.4 is 10.6 Å². The summed E-state index contributed by atoms with van der Waals surface area (Å²) >= 11 is 0. The molecule has 1 unspecified atom stereocenters. The van der Waals surface area contributed by atoms with Crippen molar-refractivity contribution < 1.29 is 4.79 Å². The Hall–Kier alpha value is -1.35. The average molecular weight is 276 g/mol. The number of rotatable bonds is 10. The molecular weight excluding hydrogens is 248 g/mol. The molecule has 0 aliphatic carbocycles. The predicted octanol–water partition coefficient (Wildman–Crippen LogP) is 3.96. The Kier molecular flexibility index (Phi) is 8.72. The number of hydrogen-bond donors (Lipinski definition) is 2. The Bertz CT molecular complexity index is 365. The molecule has 0 aliphatic heterocycles. The zero-order chi connectivity index (χ0) is 14.6. The lowest BCUT2D eigenvalue weighted by Crippen LogP contribution is -2.31. The molecule has 1 rings (SSSR count). The van der Waals surface area contributed by atoms with Crippen molar-refractivity contribution in [2.45, 2.75) is 58.4 Å². The highest BCUT2D eigenvalue weighted by Crippen LogP contribution is 2.07. The van der Waals surface area contributed by atoms with Gasteiger partial charge >= 0.3 is 0 Å². The van der Waals surface area contributed by atoms with Crippen LogP contribution in [0.4, 0.5) is 5.69 Å². The molecule has 1 aromatic rings. The summed E-state index contributed by atoms with van der Waals surface area (Å²) < 4.78 is 0. The lowest BCUT2D eigenvalue weighted by atomic mass is 10.1. The van der Waals surface area contributed by atoms with E-state index < -0.39 is 0 Å². The number of carbonyl (C=O) groups is 1. The highest BCUT2D eigenvalue weighted by molar-refractivity contribution is 5.90. The van der Waals surface area contributed by atoms with Crippen LogP contribution in [0, 0.1) is 0 Å². The van der Waals surface area contributed by atoms with Crippen LogP contribution in [-0.2, 0) is 4.79 Å². The molecule has 0 fully saturated rings. The lowest BCUT2D eigenvalue weighted by molar-refractivity contribution is -0.116. The molecule has 1 atom stereocenters. The number of carbonyl (C=O) groups excluding carboxylic acids is 1. The summed E-state index contributed by atoms with van der Waals surface area (Å²) in [6.07, 6.45) is 6.62. The van der Waals surface area contributed by atoms with Gasteiger partial charge < -0.3 is 10.6 Å². The number of nitrogens with one attached hydrogen (secondary N) is 2. The summed E-state index contributed by atoms with van der Waals surface area (Å²) in [6, 6.07) is 10.2. The third-order valence-electron chi connectivity index (χ3n) is 3.39. The van der Waals surface area contributed by atoms with Crippen LogP contribution in [0.25, 0.3) is 0 Å². The normalized spacial score (nSPS) is 12.1. The Labute approximate surface area is 123 Å². The second-order valence-electron chi connectivity index (χ2n) is 5.25. The van der Waals surface area contributed by atoms with Gasteiger partial charge in [-0.25, -0.2) is 0 Å². The van der Waals surface area contributed by atoms with Crippen LogP contribution >= 0.6 is 0 Å². The molecular formula is C17H28N2O. The topological polar surface area (TPSA) is 41.1 Å². The first-order chi connectivity index (χ1) is 9.76. The molecule has 2 N–H and O–H groups in total. The summed E-state index contributed by atoms with van der Waals surface area (Å²) in [5, 5.41) is 6.42. The lowest BCUT2D eigenvalue weighted by Gasteiger charge is -2.17. The van der Waals surface area contributed by atoms with Crippen molar-refractivity contribution in [3.8, 4) is 0 Å². The van der Waals surface area contributed by atoms with Gasteiger partial charge in [0.1, 0.15) is 0 Å². The van der Waals surface area contributed by atoms with E-state index in [-0.39, 0.29) is 5.91 Å². The van der Waals surface area contributed by atoms with Gasteiger partial charge in [0, 0.05) is 24.7 Å². The van der Waals surface area contributed by atoms with Crippen LogP contribution in [0.3, 0.4) is 0 Å². The largest absolute Gasteiger partial charge is 0.326 e. The van der Waals surface area contributed by atoms with Crippen LogP contribution in [0.5, 0.6) is 0 Å². The first kappa shape index (κ1) is 16.7. The molecule has 0 saturated carbocycles. The number of hydrogen-bond acceptors (Lipinski definition) is 2. The fourth-order valence-corrected chi connectivity index (χ4v) is 2.28. The Morgan fingerprint density at radius 3 is 2.50 bits per heavy atom. The van der Waals surface area contributed by atoms with E-state index in [0.717, 1.165) is 12.2 Å². The van der Waals surface area contributed by atoms with Gasteiger partial charge in [-0.15, -0.1) is 0 Å². The fraction of sp³-hybridized carbons (Fsp3) is 0.588. The Morgan fingerprint density at radius 1 is 1.10 bits per heavy atom. The van der Waals surface area contributed by atoms with Crippen LogP contribution in [-0.4, -0.2) is 18.5 Å². The van der Waals surface area contributed by atoms with Crippen molar-refractivity contribution in [3.05, 3.63) is 30.3 Å². The number of benzene rings is 1. The van der Waals surface area contributed by atoms with E-state index in [0.29, 0.717) is 12.5 Å².